The molecule has 0 fully saturated rings. The van der Waals surface area contributed by atoms with Gasteiger partial charge in [-0.05, 0) is 94.7 Å². The van der Waals surface area contributed by atoms with Gasteiger partial charge >= 0.3 is 0 Å². The van der Waals surface area contributed by atoms with Crippen molar-refractivity contribution in [2.24, 2.45) is 0 Å². The van der Waals surface area contributed by atoms with Crippen LogP contribution in [0, 0.1) is 0 Å². The van der Waals surface area contributed by atoms with Crippen molar-refractivity contribution in [1.29, 1.82) is 0 Å². The molecule has 3 heteroatoms. The average molecular weight is 738 g/mol. The molecule has 0 aliphatic heterocycles. The summed E-state index contributed by atoms with van der Waals surface area (Å²) in [6, 6.07) is 75.5. The summed E-state index contributed by atoms with van der Waals surface area (Å²) in [5, 5.41) is 9.61. The lowest BCUT2D eigenvalue weighted by Crippen LogP contribution is -2.00. The molecule has 0 unspecified atom stereocenters. The topological polar surface area (TPSA) is 38.7 Å². The lowest BCUT2D eigenvalue weighted by molar-refractivity contribution is 1.08. The van der Waals surface area contributed by atoms with Gasteiger partial charge in [0.15, 0.2) is 17.5 Å². The number of benzene rings is 10. The Balaban J connectivity index is 1.05. The van der Waals surface area contributed by atoms with Crippen molar-refractivity contribution in [3.63, 3.8) is 0 Å². The van der Waals surface area contributed by atoms with Crippen LogP contribution in [0.2, 0.25) is 0 Å². The molecular weight excluding hydrogens is 703 g/mol. The van der Waals surface area contributed by atoms with Crippen LogP contribution in [0.15, 0.2) is 212 Å². The second kappa shape index (κ2) is 14.1. The third-order valence-electron chi connectivity index (χ3n) is 11.3. The Labute approximate surface area is 336 Å². The smallest absolute Gasteiger partial charge is 0.164 e. The molecule has 11 rings (SSSR count). The monoisotopic (exact) mass is 737 g/mol. The molecule has 10 aromatic carbocycles. The van der Waals surface area contributed by atoms with Crippen LogP contribution in [0.4, 0.5) is 0 Å². The van der Waals surface area contributed by atoms with Gasteiger partial charge in [-0.25, -0.2) is 15.0 Å². The second-order valence-electron chi connectivity index (χ2n) is 14.8. The van der Waals surface area contributed by atoms with Crippen LogP contribution >= 0.6 is 0 Å². The van der Waals surface area contributed by atoms with Crippen LogP contribution in [-0.2, 0) is 0 Å². The number of fused-ring (bicyclic) bond motifs is 4. The molecule has 0 aliphatic rings. The fourth-order valence-corrected chi connectivity index (χ4v) is 8.42. The molecule has 0 amide bonds. The molecule has 3 nitrogen and oxygen atoms in total. The summed E-state index contributed by atoms with van der Waals surface area (Å²) in [5.41, 5.74) is 10.0. The van der Waals surface area contributed by atoms with Gasteiger partial charge < -0.3 is 0 Å². The van der Waals surface area contributed by atoms with E-state index in [9.17, 15) is 0 Å². The molecule has 0 spiro atoms. The van der Waals surface area contributed by atoms with Crippen molar-refractivity contribution < 1.29 is 0 Å². The summed E-state index contributed by atoms with van der Waals surface area (Å²) in [6.07, 6.45) is 0. The molecule has 0 radical (unpaired) electrons. The first kappa shape index (κ1) is 33.6. The van der Waals surface area contributed by atoms with E-state index in [0.717, 1.165) is 38.6 Å². The van der Waals surface area contributed by atoms with Gasteiger partial charge in [-0.2, -0.15) is 0 Å². The SMILES string of the molecule is c1ccc(-c2c3ccccc3c(-c3ccccc3)c3cc(-c4ccc(-c5nc(-c6ccc7ccccc7c6)nc(-c6ccc7ccccc7c6)n5)cc4)ccc23)cc1. The Morgan fingerprint density at radius 1 is 0.207 bits per heavy atom. The van der Waals surface area contributed by atoms with Gasteiger partial charge in [0.25, 0.3) is 0 Å². The van der Waals surface area contributed by atoms with Crippen molar-refractivity contribution in [3.05, 3.63) is 212 Å². The molecule has 0 N–H and O–H groups in total. The lowest BCUT2D eigenvalue weighted by atomic mass is 9.85. The van der Waals surface area contributed by atoms with E-state index in [0.29, 0.717) is 17.5 Å². The third-order valence-corrected chi connectivity index (χ3v) is 11.3. The van der Waals surface area contributed by atoms with Crippen molar-refractivity contribution >= 4 is 43.1 Å². The van der Waals surface area contributed by atoms with Crippen LogP contribution in [0.5, 0.6) is 0 Å². The minimum absolute atomic E-state index is 0.636. The Morgan fingerprint density at radius 3 is 1.12 bits per heavy atom. The van der Waals surface area contributed by atoms with E-state index in [1.165, 1.54) is 54.6 Å². The zero-order valence-corrected chi connectivity index (χ0v) is 31.5. The second-order valence-corrected chi connectivity index (χ2v) is 14.8. The average Bonchev–Trinajstić information content (AvgIpc) is 3.30. The number of nitrogens with zero attached hydrogens (tertiary/aromatic N) is 3. The molecule has 0 atom stereocenters. The van der Waals surface area contributed by atoms with Gasteiger partial charge in [-0.15, -0.1) is 0 Å². The maximum atomic E-state index is 5.10. The predicted octanol–water partition coefficient (Wildman–Crippen LogP) is 14.5. The molecule has 0 saturated heterocycles. The summed E-state index contributed by atoms with van der Waals surface area (Å²) in [4.78, 5) is 15.3. The van der Waals surface area contributed by atoms with Gasteiger partial charge in [0.1, 0.15) is 0 Å². The van der Waals surface area contributed by atoms with Crippen LogP contribution in [0.1, 0.15) is 0 Å². The number of rotatable bonds is 6. The highest BCUT2D eigenvalue weighted by atomic mass is 15.0. The molecule has 0 saturated carbocycles. The zero-order valence-electron chi connectivity index (χ0n) is 31.5. The molecule has 11 aromatic rings. The van der Waals surface area contributed by atoms with E-state index in [2.05, 4.69) is 212 Å². The van der Waals surface area contributed by atoms with Crippen molar-refractivity contribution in [1.82, 2.24) is 15.0 Å². The van der Waals surface area contributed by atoms with Crippen molar-refractivity contribution in [2.75, 3.05) is 0 Å². The van der Waals surface area contributed by atoms with Crippen molar-refractivity contribution in [2.45, 2.75) is 0 Å². The normalized spacial score (nSPS) is 11.4. The van der Waals surface area contributed by atoms with E-state index < -0.39 is 0 Å². The fraction of sp³-hybridized carbons (Fsp3) is 0. The van der Waals surface area contributed by atoms with E-state index in [4.69, 9.17) is 15.0 Å². The molecule has 0 aliphatic carbocycles. The molecule has 58 heavy (non-hydrogen) atoms. The number of aromatic nitrogens is 3. The highest BCUT2D eigenvalue weighted by molar-refractivity contribution is 6.22. The maximum absolute atomic E-state index is 5.10. The highest BCUT2D eigenvalue weighted by Crippen LogP contribution is 2.45. The van der Waals surface area contributed by atoms with E-state index in [-0.39, 0.29) is 0 Å². The number of hydrogen-bond acceptors (Lipinski definition) is 3. The lowest BCUT2D eigenvalue weighted by Gasteiger charge is -2.18. The van der Waals surface area contributed by atoms with Gasteiger partial charge in [-0.3, -0.25) is 0 Å². The third kappa shape index (κ3) is 5.98. The quantitative estimate of drug-likeness (QED) is 0.160. The Kier molecular flexibility index (Phi) is 8.15. The fourth-order valence-electron chi connectivity index (χ4n) is 8.42. The summed E-state index contributed by atoms with van der Waals surface area (Å²) in [7, 11) is 0. The summed E-state index contributed by atoms with van der Waals surface area (Å²) < 4.78 is 0. The van der Waals surface area contributed by atoms with Gasteiger partial charge in [0.05, 0.1) is 0 Å². The maximum Gasteiger partial charge on any atom is 0.164 e. The van der Waals surface area contributed by atoms with Gasteiger partial charge in [0.2, 0.25) is 0 Å². The van der Waals surface area contributed by atoms with E-state index >= 15 is 0 Å². The standard InChI is InChI=1S/C55H35N3/c1-3-15-39(16-4-1)51-47-21-11-12-22-48(47)52(40-17-5-2-6-18-40)50-35-44(31-32-49(50)51)38-23-27-41(28-24-38)53-56-54(45-29-25-36-13-7-9-19-42(36)33-45)58-55(57-53)46-30-26-37-14-8-10-20-43(37)34-46/h1-35H. The first-order valence-electron chi connectivity index (χ1n) is 19.7. The molecule has 270 valence electrons. The summed E-state index contributed by atoms with van der Waals surface area (Å²) in [5.74, 6) is 1.93. The van der Waals surface area contributed by atoms with Gasteiger partial charge in [0, 0.05) is 16.7 Å². The molecule has 1 heterocycles. The molecule has 0 bridgehead atoms. The molecule has 1 aromatic heterocycles. The van der Waals surface area contributed by atoms with Crippen LogP contribution in [-0.4, -0.2) is 15.0 Å². The first-order chi connectivity index (χ1) is 28.7. The Morgan fingerprint density at radius 2 is 0.586 bits per heavy atom. The Bertz CT molecular complexity index is 3220. The largest absolute Gasteiger partial charge is 0.208 e. The van der Waals surface area contributed by atoms with Crippen LogP contribution in [0.3, 0.4) is 0 Å². The molecular formula is C55H35N3. The minimum Gasteiger partial charge on any atom is -0.208 e. The van der Waals surface area contributed by atoms with Crippen molar-refractivity contribution in [3.8, 4) is 67.5 Å². The summed E-state index contributed by atoms with van der Waals surface area (Å²) >= 11 is 0. The Hall–Kier alpha value is -7.75. The van der Waals surface area contributed by atoms with Crippen LogP contribution < -0.4 is 0 Å². The first-order valence-corrected chi connectivity index (χ1v) is 19.7. The minimum atomic E-state index is 0.636. The van der Waals surface area contributed by atoms with E-state index in [1.54, 1.807) is 0 Å². The predicted molar refractivity (Wildman–Crippen MR) is 242 cm³/mol. The number of hydrogen-bond donors (Lipinski definition) is 0. The van der Waals surface area contributed by atoms with E-state index in [1.807, 2.05) is 0 Å². The van der Waals surface area contributed by atoms with Gasteiger partial charge in [-0.1, -0.05) is 194 Å². The highest BCUT2D eigenvalue weighted by Gasteiger charge is 2.18. The summed E-state index contributed by atoms with van der Waals surface area (Å²) in [6.45, 7) is 0. The van der Waals surface area contributed by atoms with Crippen LogP contribution in [0.25, 0.3) is 111 Å². The zero-order chi connectivity index (χ0) is 38.4.